The van der Waals surface area contributed by atoms with Crippen LogP contribution in [-0.2, 0) is 0 Å². The predicted octanol–water partition coefficient (Wildman–Crippen LogP) is 2.90. The van der Waals surface area contributed by atoms with Gasteiger partial charge in [0.25, 0.3) is 11.6 Å². The Morgan fingerprint density at radius 1 is 1.29 bits per heavy atom. The van der Waals surface area contributed by atoms with E-state index in [1.54, 1.807) is 0 Å². The zero-order valence-corrected chi connectivity index (χ0v) is 10.6. The first-order valence-electron chi connectivity index (χ1n) is 5.56. The molecule has 0 aliphatic heterocycles. The summed E-state index contributed by atoms with van der Waals surface area (Å²) in [5, 5.41) is 10.7. The van der Waals surface area contributed by atoms with Gasteiger partial charge in [0.05, 0.1) is 11.0 Å². The fourth-order valence-electron chi connectivity index (χ4n) is 1.57. The zero-order chi connectivity index (χ0) is 16.4. The molecule has 1 rings (SSSR count). The third-order valence-electron chi connectivity index (χ3n) is 2.50. The van der Waals surface area contributed by atoms with Crippen LogP contribution in [0.5, 0.6) is 0 Å². The quantitative estimate of drug-likeness (QED) is 0.488. The van der Waals surface area contributed by atoms with Gasteiger partial charge in [0.15, 0.2) is 11.6 Å². The number of carbonyl (C=O) groups excluding carboxylic acids is 1. The maximum Gasteiger partial charge on any atom is 0.406 e. The van der Waals surface area contributed by atoms with Gasteiger partial charge in [-0.1, -0.05) is 0 Å². The number of nitro benzene ring substituents is 1. The molecule has 21 heavy (non-hydrogen) atoms. The molecule has 0 heterocycles. The molecule has 0 spiro atoms. The lowest BCUT2D eigenvalue weighted by molar-refractivity contribution is -0.385. The van der Waals surface area contributed by atoms with Crippen LogP contribution in [0, 0.1) is 21.7 Å². The zero-order valence-electron chi connectivity index (χ0n) is 10.6. The van der Waals surface area contributed by atoms with Crippen molar-refractivity contribution in [3.63, 3.8) is 0 Å². The first-order valence-corrected chi connectivity index (χ1v) is 5.56. The van der Waals surface area contributed by atoms with Crippen LogP contribution in [0.15, 0.2) is 12.1 Å². The minimum atomic E-state index is -4.72. The molecule has 0 N–H and O–H groups in total. The Balaban J connectivity index is 3.27. The summed E-state index contributed by atoms with van der Waals surface area (Å²) in [6.07, 6.45) is -4.72. The number of alkyl halides is 3. The molecule has 0 aliphatic rings. The van der Waals surface area contributed by atoms with E-state index in [-0.39, 0.29) is 17.0 Å². The molecule has 1 amide bonds. The number of hydrogen-bond acceptors (Lipinski definition) is 3. The van der Waals surface area contributed by atoms with E-state index in [4.69, 9.17) is 0 Å². The number of nitro groups is 1. The molecular formula is C11H9F5N2O3. The van der Waals surface area contributed by atoms with Crippen molar-refractivity contribution in [1.82, 2.24) is 4.90 Å². The Labute approximate surface area is 115 Å². The standard InChI is InChI=1S/C11H9F5N2O3/c1-2-17(5-11(14,15)16)10(19)6-3-7(12)8(13)4-9(6)18(20)21/h3-4H,2,5H2,1H3. The lowest BCUT2D eigenvalue weighted by atomic mass is 10.1. The van der Waals surface area contributed by atoms with Crippen LogP contribution < -0.4 is 0 Å². The van der Waals surface area contributed by atoms with E-state index in [1.807, 2.05) is 0 Å². The smallest absolute Gasteiger partial charge is 0.330 e. The molecule has 116 valence electrons. The van der Waals surface area contributed by atoms with Gasteiger partial charge in [-0.25, -0.2) is 8.78 Å². The van der Waals surface area contributed by atoms with E-state index in [0.717, 1.165) is 0 Å². The Morgan fingerprint density at radius 2 is 1.81 bits per heavy atom. The Kier molecular flexibility index (Phi) is 4.81. The van der Waals surface area contributed by atoms with Crippen molar-refractivity contribution in [3.05, 3.63) is 39.4 Å². The van der Waals surface area contributed by atoms with Crippen molar-refractivity contribution in [3.8, 4) is 0 Å². The first-order chi connectivity index (χ1) is 9.56. The second-order valence-electron chi connectivity index (χ2n) is 3.98. The summed E-state index contributed by atoms with van der Waals surface area (Å²) in [6.45, 7) is -0.845. The highest BCUT2D eigenvalue weighted by atomic mass is 19.4. The van der Waals surface area contributed by atoms with Gasteiger partial charge in [-0.2, -0.15) is 13.2 Å². The maximum atomic E-state index is 13.1. The van der Waals surface area contributed by atoms with Gasteiger partial charge in [0.2, 0.25) is 0 Å². The van der Waals surface area contributed by atoms with Crippen molar-refractivity contribution in [2.45, 2.75) is 13.1 Å². The highest BCUT2D eigenvalue weighted by Gasteiger charge is 2.35. The van der Waals surface area contributed by atoms with E-state index in [1.165, 1.54) is 6.92 Å². The number of amides is 1. The Bertz CT molecular complexity index is 574. The monoisotopic (exact) mass is 312 g/mol. The summed E-state index contributed by atoms with van der Waals surface area (Å²) in [6, 6.07) is 0.374. The lowest BCUT2D eigenvalue weighted by Gasteiger charge is -2.22. The highest BCUT2D eigenvalue weighted by molar-refractivity contribution is 5.98. The SMILES string of the molecule is CCN(CC(F)(F)F)C(=O)c1cc(F)c(F)cc1[N+](=O)[O-]. The van der Waals surface area contributed by atoms with Gasteiger partial charge >= 0.3 is 6.18 Å². The average molecular weight is 312 g/mol. The van der Waals surface area contributed by atoms with Crippen LogP contribution in [0.3, 0.4) is 0 Å². The summed E-state index contributed by atoms with van der Waals surface area (Å²) in [5.74, 6) is -4.54. The van der Waals surface area contributed by atoms with Crippen molar-refractivity contribution in [2.75, 3.05) is 13.1 Å². The molecule has 0 aromatic heterocycles. The third kappa shape index (κ3) is 4.10. The number of benzene rings is 1. The molecule has 0 saturated carbocycles. The molecule has 0 atom stereocenters. The van der Waals surface area contributed by atoms with E-state index in [0.29, 0.717) is 0 Å². The molecule has 0 unspecified atom stereocenters. The summed E-state index contributed by atoms with van der Waals surface area (Å²) in [5.41, 5.74) is -2.04. The van der Waals surface area contributed by atoms with E-state index < -0.39 is 53.0 Å². The van der Waals surface area contributed by atoms with Crippen LogP contribution in [0.25, 0.3) is 0 Å². The minimum absolute atomic E-state index is 0.157. The molecule has 0 saturated heterocycles. The number of nitrogens with zero attached hydrogens (tertiary/aromatic N) is 2. The number of carbonyl (C=O) groups is 1. The van der Waals surface area contributed by atoms with E-state index in [9.17, 15) is 36.9 Å². The molecule has 0 fully saturated rings. The molecule has 0 aliphatic carbocycles. The second kappa shape index (κ2) is 6.02. The fourth-order valence-corrected chi connectivity index (χ4v) is 1.57. The second-order valence-corrected chi connectivity index (χ2v) is 3.98. The first kappa shape index (κ1) is 16.8. The van der Waals surface area contributed by atoms with Gasteiger partial charge < -0.3 is 4.90 Å². The third-order valence-corrected chi connectivity index (χ3v) is 2.50. The van der Waals surface area contributed by atoms with Gasteiger partial charge in [-0.3, -0.25) is 14.9 Å². The van der Waals surface area contributed by atoms with Gasteiger partial charge in [0.1, 0.15) is 12.1 Å². The lowest BCUT2D eigenvalue weighted by Crippen LogP contribution is -2.39. The topological polar surface area (TPSA) is 63.5 Å². The highest BCUT2D eigenvalue weighted by Crippen LogP contribution is 2.25. The van der Waals surface area contributed by atoms with Crippen molar-refractivity contribution in [2.24, 2.45) is 0 Å². The fraction of sp³-hybridized carbons (Fsp3) is 0.364. The number of halogens is 5. The number of rotatable bonds is 4. The molecule has 10 heteroatoms. The van der Waals surface area contributed by atoms with Crippen LogP contribution in [-0.4, -0.2) is 35.0 Å². The summed E-state index contributed by atoms with van der Waals surface area (Å²) in [7, 11) is 0. The summed E-state index contributed by atoms with van der Waals surface area (Å²) < 4.78 is 63.0. The van der Waals surface area contributed by atoms with Gasteiger partial charge in [0, 0.05) is 6.54 Å². The van der Waals surface area contributed by atoms with E-state index >= 15 is 0 Å². The summed E-state index contributed by atoms with van der Waals surface area (Å²) >= 11 is 0. The predicted molar refractivity (Wildman–Crippen MR) is 60.6 cm³/mol. The summed E-state index contributed by atoms with van der Waals surface area (Å²) in [4.78, 5) is 21.7. The molecule has 0 radical (unpaired) electrons. The molecular weight excluding hydrogens is 303 g/mol. The largest absolute Gasteiger partial charge is 0.406 e. The van der Waals surface area contributed by atoms with Crippen molar-refractivity contribution < 1.29 is 31.7 Å². The van der Waals surface area contributed by atoms with Gasteiger partial charge in [-0.05, 0) is 13.0 Å². The Morgan fingerprint density at radius 3 is 2.24 bits per heavy atom. The maximum absolute atomic E-state index is 13.1. The molecule has 0 bridgehead atoms. The minimum Gasteiger partial charge on any atom is -0.330 e. The van der Waals surface area contributed by atoms with E-state index in [2.05, 4.69) is 0 Å². The van der Waals surface area contributed by atoms with Crippen LogP contribution >= 0.6 is 0 Å². The number of hydrogen-bond donors (Lipinski definition) is 0. The van der Waals surface area contributed by atoms with Gasteiger partial charge in [-0.15, -0.1) is 0 Å². The molecule has 1 aromatic carbocycles. The molecule has 5 nitrogen and oxygen atoms in total. The van der Waals surface area contributed by atoms with Crippen LogP contribution in [0.1, 0.15) is 17.3 Å². The van der Waals surface area contributed by atoms with Crippen LogP contribution in [0.2, 0.25) is 0 Å². The molecule has 1 aromatic rings. The van der Waals surface area contributed by atoms with Crippen LogP contribution in [0.4, 0.5) is 27.6 Å². The normalized spacial score (nSPS) is 11.3. The van der Waals surface area contributed by atoms with Crippen molar-refractivity contribution in [1.29, 1.82) is 0 Å². The van der Waals surface area contributed by atoms with Crippen molar-refractivity contribution >= 4 is 11.6 Å². The Hall–Kier alpha value is -2.26. The average Bonchev–Trinajstić information content (AvgIpc) is 2.36.